The summed E-state index contributed by atoms with van der Waals surface area (Å²) >= 11 is 0. The zero-order valence-electron chi connectivity index (χ0n) is 28.8. The maximum atomic E-state index is 4.34. The smallest absolute Gasteiger partial charge is 0.172 e. The Morgan fingerprint density at radius 2 is 0.865 bits per heavy atom. The molecule has 52 heavy (non-hydrogen) atoms. The van der Waals surface area contributed by atoms with Crippen molar-refractivity contribution in [1.29, 1.82) is 0 Å². The van der Waals surface area contributed by atoms with Gasteiger partial charge in [0.2, 0.25) is 0 Å². The highest BCUT2D eigenvalue weighted by atomic mass is 28.3. The van der Waals surface area contributed by atoms with Gasteiger partial charge in [-0.05, 0) is 80.3 Å². The number of benzene rings is 7. The first kappa shape index (κ1) is 32.6. The zero-order chi connectivity index (χ0) is 35.0. The molecule has 0 unspecified atom stereocenters. The SMILES string of the molecule is C(=C\[Si](c1ccccc1)(c1ccccc1)c1ccccc1)/c1ccc(-c2ccc(N(c3ccccc3)c3cccc(-c4cccnc4)c3)cc2)cc1. The molecule has 0 bridgehead atoms. The summed E-state index contributed by atoms with van der Waals surface area (Å²) in [5.41, 5.74) is 11.6. The Morgan fingerprint density at radius 3 is 1.40 bits per heavy atom. The third-order valence-electron chi connectivity index (χ3n) is 9.70. The summed E-state index contributed by atoms with van der Waals surface area (Å²) in [5, 5.41) is 4.11. The van der Waals surface area contributed by atoms with Gasteiger partial charge in [0.25, 0.3) is 0 Å². The van der Waals surface area contributed by atoms with Gasteiger partial charge in [0, 0.05) is 35.0 Å². The molecule has 7 aromatic carbocycles. The third-order valence-corrected chi connectivity index (χ3v) is 14.1. The van der Waals surface area contributed by atoms with Crippen molar-refractivity contribution in [1.82, 2.24) is 4.98 Å². The van der Waals surface area contributed by atoms with Crippen molar-refractivity contribution in [3.05, 3.63) is 230 Å². The largest absolute Gasteiger partial charge is 0.310 e. The van der Waals surface area contributed by atoms with Crippen LogP contribution >= 0.6 is 0 Å². The number of anilines is 3. The summed E-state index contributed by atoms with van der Waals surface area (Å²) in [6.45, 7) is 0. The summed E-state index contributed by atoms with van der Waals surface area (Å²) in [4.78, 5) is 6.64. The van der Waals surface area contributed by atoms with Gasteiger partial charge < -0.3 is 4.90 Å². The molecule has 0 saturated heterocycles. The van der Waals surface area contributed by atoms with E-state index in [9.17, 15) is 0 Å². The normalized spacial score (nSPS) is 11.4. The fourth-order valence-corrected chi connectivity index (χ4v) is 11.3. The lowest BCUT2D eigenvalue weighted by molar-refractivity contribution is 1.28. The first-order chi connectivity index (χ1) is 25.8. The van der Waals surface area contributed by atoms with E-state index in [2.05, 4.69) is 222 Å². The Balaban J connectivity index is 1.10. The quantitative estimate of drug-likeness (QED) is 0.105. The van der Waals surface area contributed by atoms with Gasteiger partial charge in [0.1, 0.15) is 0 Å². The van der Waals surface area contributed by atoms with E-state index in [1.54, 1.807) is 0 Å². The van der Waals surface area contributed by atoms with Gasteiger partial charge in [-0.1, -0.05) is 176 Å². The first-order valence-corrected chi connectivity index (χ1v) is 19.8. The number of hydrogen-bond acceptors (Lipinski definition) is 2. The molecule has 0 N–H and O–H groups in total. The molecule has 0 radical (unpaired) electrons. The molecule has 0 aliphatic carbocycles. The third kappa shape index (κ3) is 6.78. The van der Waals surface area contributed by atoms with E-state index in [1.165, 1.54) is 32.3 Å². The average molecular weight is 683 g/mol. The number of nitrogens with zero attached hydrogens (tertiary/aromatic N) is 2. The van der Waals surface area contributed by atoms with Crippen LogP contribution in [0.4, 0.5) is 17.1 Å². The number of rotatable bonds is 10. The highest BCUT2D eigenvalue weighted by Gasteiger charge is 2.36. The summed E-state index contributed by atoms with van der Waals surface area (Å²) in [5.74, 6) is 0. The highest BCUT2D eigenvalue weighted by Crippen LogP contribution is 2.37. The molecule has 0 aliphatic heterocycles. The van der Waals surface area contributed by atoms with Gasteiger partial charge in [0.15, 0.2) is 8.07 Å². The second kappa shape index (κ2) is 15.1. The number of pyridine rings is 1. The van der Waals surface area contributed by atoms with Crippen molar-refractivity contribution in [2.45, 2.75) is 0 Å². The fraction of sp³-hybridized carbons (Fsp3) is 0. The molecule has 8 rings (SSSR count). The van der Waals surface area contributed by atoms with Crippen molar-refractivity contribution >= 4 is 46.8 Å². The van der Waals surface area contributed by atoms with Crippen LogP contribution in [0.2, 0.25) is 0 Å². The maximum absolute atomic E-state index is 4.34. The second-order valence-corrected chi connectivity index (χ2v) is 16.6. The monoisotopic (exact) mass is 682 g/mol. The highest BCUT2D eigenvalue weighted by molar-refractivity contribution is 7.15. The van der Waals surface area contributed by atoms with Crippen LogP contribution < -0.4 is 20.5 Å². The Kier molecular flexibility index (Phi) is 9.50. The molecule has 1 aromatic heterocycles. The number of aromatic nitrogens is 1. The summed E-state index contributed by atoms with van der Waals surface area (Å²) in [6.07, 6.45) is 6.05. The van der Waals surface area contributed by atoms with Crippen LogP contribution in [0, 0.1) is 0 Å². The van der Waals surface area contributed by atoms with Crippen molar-refractivity contribution < 1.29 is 0 Å². The Morgan fingerprint density at radius 1 is 0.385 bits per heavy atom. The molecule has 1 heterocycles. The molecule has 0 aliphatic rings. The predicted molar refractivity (Wildman–Crippen MR) is 223 cm³/mol. The molecule has 0 atom stereocenters. The molecule has 8 aromatic rings. The van der Waals surface area contributed by atoms with Crippen LogP contribution in [0.1, 0.15) is 5.56 Å². The first-order valence-electron chi connectivity index (χ1n) is 17.7. The summed E-state index contributed by atoms with van der Waals surface area (Å²) in [7, 11) is -2.47. The Hall–Kier alpha value is -6.55. The van der Waals surface area contributed by atoms with Gasteiger partial charge >= 0.3 is 0 Å². The minimum absolute atomic E-state index is 1.09. The van der Waals surface area contributed by atoms with Gasteiger partial charge in [-0.25, -0.2) is 0 Å². The second-order valence-electron chi connectivity index (χ2n) is 12.9. The minimum Gasteiger partial charge on any atom is -0.310 e. The van der Waals surface area contributed by atoms with Crippen molar-refractivity contribution in [3.8, 4) is 22.3 Å². The van der Waals surface area contributed by atoms with Crippen LogP contribution in [0.5, 0.6) is 0 Å². The Bertz CT molecular complexity index is 2260. The molecule has 0 saturated carbocycles. The topological polar surface area (TPSA) is 16.1 Å². The Labute approximate surface area is 307 Å². The zero-order valence-corrected chi connectivity index (χ0v) is 29.8. The van der Waals surface area contributed by atoms with Crippen LogP contribution in [0.25, 0.3) is 28.3 Å². The van der Waals surface area contributed by atoms with Crippen LogP contribution in [0.15, 0.2) is 224 Å². The van der Waals surface area contributed by atoms with Crippen molar-refractivity contribution in [2.24, 2.45) is 0 Å². The van der Waals surface area contributed by atoms with Crippen molar-refractivity contribution in [3.63, 3.8) is 0 Å². The van der Waals surface area contributed by atoms with Gasteiger partial charge in [0.05, 0.1) is 0 Å². The fourth-order valence-electron chi connectivity index (χ4n) is 7.09. The van der Waals surface area contributed by atoms with E-state index in [1.807, 2.05) is 18.5 Å². The van der Waals surface area contributed by atoms with Gasteiger partial charge in [-0.15, -0.1) is 0 Å². The average Bonchev–Trinajstić information content (AvgIpc) is 3.24. The lowest BCUT2D eigenvalue weighted by Crippen LogP contribution is -2.66. The predicted octanol–water partition coefficient (Wildman–Crippen LogP) is 10.6. The lowest BCUT2D eigenvalue weighted by atomic mass is 10.0. The van der Waals surface area contributed by atoms with E-state index >= 15 is 0 Å². The van der Waals surface area contributed by atoms with Crippen LogP contribution in [-0.4, -0.2) is 13.1 Å². The minimum atomic E-state index is -2.47. The summed E-state index contributed by atoms with van der Waals surface area (Å²) in [6, 6.07) is 74.1. The standard InChI is InChI=1S/C49H38N2Si/c1-5-17-44(18-6-1)51(46-19-13-15-42(37-46)43-16-14-35-50-38-43)45-32-30-41(31-33-45)40-28-26-39(27-29-40)34-36-52(47-20-7-2-8-21-47,48-22-9-3-10-23-48)49-24-11-4-12-25-49/h1-38H/b36-34+. The molecule has 0 spiro atoms. The maximum Gasteiger partial charge on any atom is 0.172 e. The molecule has 248 valence electrons. The van der Waals surface area contributed by atoms with E-state index in [4.69, 9.17) is 0 Å². The van der Waals surface area contributed by atoms with Crippen LogP contribution in [-0.2, 0) is 0 Å². The molecule has 0 fully saturated rings. The van der Waals surface area contributed by atoms with E-state index in [0.717, 1.165) is 28.2 Å². The van der Waals surface area contributed by atoms with Gasteiger partial charge in [-0.3, -0.25) is 4.98 Å². The van der Waals surface area contributed by atoms with E-state index < -0.39 is 8.07 Å². The number of para-hydroxylation sites is 1. The molecule has 0 amide bonds. The van der Waals surface area contributed by atoms with Crippen molar-refractivity contribution in [2.75, 3.05) is 4.90 Å². The van der Waals surface area contributed by atoms with Crippen LogP contribution in [0.3, 0.4) is 0 Å². The molecular formula is C49H38N2Si. The molecule has 3 heteroatoms. The van der Waals surface area contributed by atoms with E-state index in [-0.39, 0.29) is 0 Å². The molecular weight excluding hydrogens is 645 g/mol. The summed E-state index contributed by atoms with van der Waals surface area (Å²) < 4.78 is 0. The lowest BCUT2D eigenvalue weighted by Gasteiger charge is -2.30. The molecule has 2 nitrogen and oxygen atoms in total. The van der Waals surface area contributed by atoms with Gasteiger partial charge in [-0.2, -0.15) is 0 Å². The number of hydrogen-bond donors (Lipinski definition) is 0. The van der Waals surface area contributed by atoms with E-state index in [0.29, 0.717) is 0 Å².